The Bertz CT molecular complexity index is 1860. The maximum atomic E-state index is 14.6. The Hall–Kier alpha value is -4.39. The van der Waals surface area contributed by atoms with Crippen LogP contribution in [0.25, 0.3) is 11.0 Å². The predicted molar refractivity (Wildman–Crippen MR) is 172 cm³/mol. The van der Waals surface area contributed by atoms with Gasteiger partial charge in [-0.05, 0) is 74.8 Å². The van der Waals surface area contributed by atoms with Crippen molar-refractivity contribution in [2.24, 2.45) is 0 Å². The molecule has 1 N–H and O–H groups in total. The lowest BCUT2D eigenvalue weighted by atomic mass is 9.93. The minimum atomic E-state index is -1.93. The fourth-order valence-corrected chi connectivity index (χ4v) is 6.23. The number of imidazole rings is 1. The number of hydrogen-bond donors (Lipinski definition) is 1. The Labute approximate surface area is 275 Å². The van der Waals surface area contributed by atoms with Crippen LogP contribution in [0.3, 0.4) is 0 Å². The lowest BCUT2D eigenvalue weighted by Gasteiger charge is -2.32. The summed E-state index contributed by atoms with van der Waals surface area (Å²) in [5.41, 5.74) is 3.51. The van der Waals surface area contributed by atoms with Crippen LogP contribution in [0, 0.1) is 5.82 Å². The molecule has 2 saturated heterocycles. The Morgan fingerprint density at radius 2 is 1.94 bits per heavy atom. The van der Waals surface area contributed by atoms with Gasteiger partial charge in [0.1, 0.15) is 18.2 Å². The van der Waals surface area contributed by atoms with E-state index in [4.69, 9.17) is 31.0 Å². The topological polar surface area (TPSA) is 99.3 Å². The molecule has 10 nitrogen and oxygen atoms in total. The third-order valence-electron chi connectivity index (χ3n) is 8.75. The van der Waals surface area contributed by atoms with Gasteiger partial charge >= 0.3 is 0 Å². The zero-order valence-corrected chi connectivity index (χ0v) is 26.3. The zero-order valence-electron chi connectivity index (χ0n) is 25.6. The van der Waals surface area contributed by atoms with E-state index in [-0.39, 0.29) is 18.6 Å². The number of carbonyl (C=O) groups excluding carboxylic acids is 1. The average Bonchev–Trinajstić information content (AvgIpc) is 3.71. The number of nitrogens with zero attached hydrogens (tertiary/aromatic N) is 6. The van der Waals surface area contributed by atoms with E-state index in [1.54, 1.807) is 36.4 Å². The van der Waals surface area contributed by atoms with Crippen molar-refractivity contribution in [1.29, 1.82) is 0 Å². The maximum absolute atomic E-state index is 14.6. The highest BCUT2D eigenvalue weighted by atomic mass is 35.5. The molecule has 0 saturated carbocycles. The molecule has 244 valence electrons. The number of benzene rings is 2. The molecule has 5 heterocycles. The first kappa shape index (κ1) is 31.2. The highest BCUT2D eigenvalue weighted by molar-refractivity contribution is 6.30. The number of likely N-dealkylation sites (tertiary alicyclic amines) is 1. The van der Waals surface area contributed by atoms with Gasteiger partial charge in [0.15, 0.2) is 0 Å². The molecule has 7 rings (SSSR count). The first-order valence-corrected chi connectivity index (χ1v) is 16.1. The number of fused-ring (bicyclic) bond motifs is 1. The van der Waals surface area contributed by atoms with Gasteiger partial charge in [-0.1, -0.05) is 23.7 Å². The van der Waals surface area contributed by atoms with E-state index in [1.807, 2.05) is 18.2 Å². The third-order valence-corrected chi connectivity index (χ3v) is 8.99. The van der Waals surface area contributed by atoms with Crippen LogP contribution in [0.5, 0.6) is 5.88 Å². The van der Waals surface area contributed by atoms with E-state index in [2.05, 4.69) is 19.9 Å². The summed E-state index contributed by atoms with van der Waals surface area (Å²) in [7, 11) is 0. The minimum Gasteiger partial charge on any atom is -0.473 e. The summed E-state index contributed by atoms with van der Waals surface area (Å²) < 4.78 is 43.5. The van der Waals surface area contributed by atoms with Gasteiger partial charge < -0.3 is 19.4 Å². The fraction of sp³-hybridized carbons (Fsp3) is 0.353. The van der Waals surface area contributed by atoms with E-state index in [0.29, 0.717) is 35.2 Å². The summed E-state index contributed by atoms with van der Waals surface area (Å²) in [5.74, 6) is 0.445. The lowest BCUT2D eigenvalue weighted by molar-refractivity contribution is -0.124. The minimum absolute atomic E-state index is 0.0698. The quantitative estimate of drug-likeness (QED) is 0.178. The highest BCUT2D eigenvalue weighted by Gasteiger charge is 2.26. The van der Waals surface area contributed by atoms with Crippen molar-refractivity contribution in [3.05, 3.63) is 101 Å². The van der Waals surface area contributed by atoms with Gasteiger partial charge in [-0.15, -0.1) is 0 Å². The number of halogens is 3. The molecule has 47 heavy (non-hydrogen) atoms. The number of rotatable bonds is 11. The van der Waals surface area contributed by atoms with Gasteiger partial charge in [-0.3, -0.25) is 9.69 Å². The molecule has 0 radical (unpaired) electrons. The second-order valence-electron chi connectivity index (χ2n) is 11.9. The highest BCUT2D eigenvalue weighted by Crippen LogP contribution is 2.30. The Balaban J connectivity index is 1.00. The molecule has 13 heteroatoms. The largest absolute Gasteiger partial charge is 0.473 e. The normalized spacial score (nSPS) is 17.8. The number of alkyl halides is 1. The van der Waals surface area contributed by atoms with Gasteiger partial charge in [0.2, 0.25) is 5.88 Å². The summed E-state index contributed by atoms with van der Waals surface area (Å²) in [6, 6.07) is 17.3. The van der Waals surface area contributed by atoms with E-state index >= 15 is 0 Å². The van der Waals surface area contributed by atoms with Gasteiger partial charge in [-0.2, -0.15) is 5.10 Å². The van der Waals surface area contributed by atoms with E-state index in [1.165, 1.54) is 18.5 Å². The second kappa shape index (κ2) is 13.8. The number of pyridine rings is 1. The third kappa shape index (κ3) is 7.14. The molecule has 1 amide bonds. The predicted octanol–water partition coefficient (Wildman–Crippen LogP) is 6.27. The molecular weight excluding hydrogens is 628 g/mol. The molecule has 0 spiro atoms. The number of anilines is 1. The van der Waals surface area contributed by atoms with E-state index in [0.717, 1.165) is 66.2 Å². The molecule has 5 aromatic rings. The molecule has 2 atom stereocenters. The molecular formula is C34H34ClF2N7O3. The molecule has 2 aromatic carbocycles. The summed E-state index contributed by atoms with van der Waals surface area (Å²) in [5, 5.41) is 6.80. The first-order chi connectivity index (χ1) is 22.9. The number of carbonyl (C=O) groups is 1. The van der Waals surface area contributed by atoms with Gasteiger partial charge in [-0.25, -0.2) is 23.4 Å². The standard InChI is InChI=1S/C34H34ClF2N7O3/c35-24-6-5-23(27(36)17-24)21-47-32-4-1-3-28(41-32)22-9-14-42(15-10-22)20-31-40-29-18-25(39-34(45)33(37)44-13-2-12-38-44)7-8-30(29)43(31)19-26-11-16-46-26/h1-8,12-13,17-18,22,26,33H,9-11,14-16,19-21H2,(H,39,45)/t26-,33?/m0/s1. The van der Waals surface area contributed by atoms with E-state index in [9.17, 15) is 13.6 Å². The first-order valence-electron chi connectivity index (χ1n) is 15.7. The van der Waals surface area contributed by atoms with Crippen LogP contribution >= 0.6 is 11.6 Å². The van der Waals surface area contributed by atoms with Crippen molar-refractivity contribution in [1.82, 2.24) is 29.2 Å². The smallest absolute Gasteiger partial charge is 0.281 e. The number of hydrogen-bond acceptors (Lipinski definition) is 7. The SMILES string of the molecule is O=C(Nc1ccc2c(c1)nc(CN1CCC(c3cccc(OCc4ccc(Cl)cc4F)n3)CC1)n2C[C@@H]1CCO1)C(F)n1cccn1. The molecule has 2 aliphatic heterocycles. The molecule has 3 aromatic heterocycles. The Kier molecular flexibility index (Phi) is 9.14. The number of amides is 1. The monoisotopic (exact) mass is 661 g/mol. The maximum Gasteiger partial charge on any atom is 0.281 e. The average molecular weight is 662 g/mol. The summed E-state index contributed by atoms with van der Waals surface area (Å²) >= 11 is 5.86. The number of piperidine rings is 1. The van der Waals surface area contributed by atoms with Crippen LogP contribution in [-0.2, 0) is 29.2 Å². The van der Waals surface area contributed by atoms with Gasteiger partial charge in [0.25, 0.3) is 12.2 Å². The molecule has 2 aliphatic rings. The van der Waals surface area contributed by atoms with Crippen LogP contribution in [0.4, 0.5) is 14.5 Å². The van der Waals surface area contributed by atoms with Crippen LogP contribution in [0.1, 0.15) is 48.6 Å². The fourth-order valence-electron chi connectivity index (χ4n) is 6.07. The van der Waals surface area contributed by atoms with Crippen molar-refractivity contribution in [2.45, 2.75) is 57.3 Å². The molecule has 0 bridgehead atoms. The van der Waals surface area contributed by atoms with Crippen molar-refractivity contribution in [2.75, 3.05) is 25.0 Å². The molecule has 1 unspecified atom stereocenters. The summed E-state index contributed by atoms with van der Waals surface area (Å²) in [4.78, 5) is 24.6. The lowest BCUT2D eigenvalue weighted by Crippen LogP contribution is -2.35. The van der Waals surface area contributed by atoms with Gasteiger partial charge in [0.05, 0.1) is 30.2 Å². The summed E-state index contributed by atoms with van der Waals surface area (Å²) in [6.07, 6.45) is 3.87. The number of aromatic nitrogens is 5. The van der Waals surface area contributed by atoms with Crippen molar-refractivity contribution >= 4 is 34.2 Å². The Morgan fingerprint density at radius 1 is 1.09 bits per heavy atom. The van der Waals surface area contributed by atoms with Crippen LogP contribution < -0.4 is 10.1 Å². The second-order valence-corrected chi connectivity index (χ2v) is 12.3. The van der Waals surface area contributed by atoms with Gasteiger partial charge in [0, 0.05) is 53.0 Å². The van der Waals surface area contributed by atoms with Crippen LogP contribution in [-0.4, -0.2) is 60.9 Å². The van der Waals surface area contributed by atoms with Crippen LogP contribution in [0.2, 0.25) is 5.02 Å². The van der Waals surface area contributed by atoms with Crippen LogP contribution in [0.15, 0.2) is 73.1 Å². The number of ether oxygens (including phenoxy) is 2. The molecule has 2 fully saturated rings. The molecule has 0 aliphatic carbocycles. The Morgan fingerprint density at radius 3 is 2.68 bits per heavy atom. The zero-order chi connectivity index (χ0) is 32.3. The van der Waals surface area contributed by atoms with Crippen molar-refractivity contribution in [3.8, 4) is 5.88 Å². The number of nitrogens with one attached hydrogen (secondary N) is 1. The van der Waals surface area contributed by atoms with Crippen molar-refractivity contribution < 1.29 is 23.0 Å². The summed E-state index contributed by atoms with van der Waals surface area (Å²) in [6.45, 7) is 3.91. The van der Waals surface area contributed by atoms with Crippen molar-refractivity contribution in [3.63, 3.8) is 0 Å². The van der Waals surface area contributed by atoms with E-state index < -0.39 is 18.0 Å².